The minimum atomic E-state index is -3.89. The second-order valence-electron chi connectivity index (χ2n) is 7.04. The number of anilines is 2. The van der Waals surface area contributed by atoms with Crippen LogP contribution in [0.2, 0.25) is 0 Å². The van der Waals surface area contributed by atoms with Crippen LogP contribution in [0.15, 0.2) is 46.8 Å². The lowest BCUT2D eigenvalue weighted by molar-refractivity contribution is 0.102. The molecule has 0 bridgehead atoms. The summed E-state index contributed by atoms with van der Waals surface area (Å²) in [7, 11) is -2.35. The van der Waals surface area contributed by atoms with Gasteiger partial charge in [-0.1, -0.05) is 29.0 Å². The molecule has 10 heteroatoms. The van der Waals surface area contributed by atoms with E-state index in [1.807, 2.05) is 32.0 Å². The Balaban J connectivity index is 1.56. The molecule has 1 unspecified atom stereocenters. The molecular weight excluding hydrogens is 424 g/mol. The summed E-state index contributed by atoms with van der Waals surface area (Å²) in [5, 5.41) is 10.4. The molecule has 1 aromatic heterocycles. The van der Waals surface area contributed by atoms with Gasteiger partial charge in [0, 0.05) is 11.6 Å². The zero-order chi connectivity index (χ0) is 21.5. The molecular formula is C20H20N4O4S2. The molecule has 2 heterocycles. The molecule has 0 saturated heterocycles. The van der Waals surface area contributed by atoms with Crippen molar-refractivity contribution in [3.8, 4) is 5.75 Å². The van der Waals surface area contributed by atoms with Crippen molar-refractivity contribution < 1.29 is 17.9 Å². The number of carbonyl (C=O) groups excluding carboxylic acids is 1. The van der Waals surface area contributed by atoms with Gasteiger partial charge >= 0.3 is 0 Å². The minimum Gasteiger partial charge on any atom is -0.497 e. The molecule has 0 spiro atoms. The standard InChI is InChI=1S/C20H20N4O4S2/c1-12-4-9-17-15(10-12)11-13(2)24(17)30(26,27)20-23-22-19(29-20)21-18(25)14-5-7-16(28-3)8-6-14/h4-10,13H,11H2,1-3H3,(H,21,22,25). The Hall–Kier alpha value is -2.98. The summed E-state index contributed by atoms with van der Waals surface area (Å²) < 4.78 is 32.8. The number of ether oxygens (including phenoxy) is 1. The van der Waals surface area contributed by atoms with E-state index in [2.05, 4.69) is 15.5 Å². The van der Waals surface area contributed by atoms with Gasteiger partial charge in [-0.15, -0.1) is 10.2 Å². The van der Waals surface area contributed by atoms with Gasteiger partial charge in [-0.25, -0.2) is 0 Å². The molecule has 1 N–H and O–H groups in total. The van der Waals surface area contributed by atoms with Crippen molar-refractivity contribution in [1.82, 2.24) is 10.2 Å². The van der Waals surface area contributed by atoms with E-state index in [0.717, 1.165) is 22.5 Å². The van der Waals surface area contributed by atoms with Gasteiger partial charge in [-0.3, -0.25) is 14.4 Å². The van der Waals surface area contributed by atoms with E-state index in [-0.39, 0.29) is 15.5 Å². The quantitative estimate of drug-likeness (QED) is 0.606. The number of benzene rings is 2. The molecule has 2 aromatic carbocycles. The lowest BCUT2D eigenvalue weighted by Crippen LogP contribution is -2.35. The van der Waals surface area contributed by atoms with Crippen molar-refractivity contribution in [2.45, 2.75) is 30.6 Å². The molecule has 1 atom stereocenters. The first-order valence-corrected chi connectivity index (χ1v) is 11.5. The maximum atomic E-state index is 13.2. The topological polar surface area (TPSA) is 101 Å². The van der Waals surface area contributed by atoms with Crippen LogP contribution in [0.5, 0.6) is 5.75 Å². The number of hydrogen-bond donors (Lipinski definition) is 1. The average molecular weight is 445 g/mol. The Labute approximate surface area is 178 Å². The fourth-order valence-corrected chi connectivity index (χ4v) is 6.13. The first-order chi connectivity index (χ1) is 14.3. The summed E-state index contributed by atoms with van der Waals surface area (Å²) in [5.41, 5.74) is 3.13. The summed E-state index contributed by atoms with van der Waals surface area (Å²) >= 11 is 0.829. The predicted molar refractivity (Wildman–Crippen MR) is 115 cm³/mol. The molecule has 1 amide bonds. The van der Waals surface area contributed by atoms with Gasteiger partial charge in [-0.05, 0) is 56.2 Å². The third-order valence-corrected chi connectivity index (χ3v) is 7.96. The Morgan fingerprint density at radius 3 is 2.63 bits per heavy atom. The number of fused-ring (bicyclic) bond motifs is 1. The maximum absolute atomic E-state index is 13.2. The van der Waals surface area contributed by atoms with Gasteiger partial charge in [0.1, 0.15) is 5.75 Å². The largest absolute Gasteiger partial charge is 0.497 e. The van der Waals surface area contributed by atoms with E-state index in [9.17, 15) is 13.2 Å². The highest BCUT2D eigenvalue weighted by molar-refractivity contribution is 7.94. The zero-order valence-corrected chi connectivity index (χ0v) is 18.3. The number of hydrogen-bond acceptors (Lipinski definition) is 7. The molecule has 0 saturated carbocycles. The van der Waals surface area contributed by atoms with Crippen molar-refractivity contribution >= 4 is 38.1 Å². The van der Waals surface area contributed by atoms with Gasteiger partial charge in [0.25, 0.3) is 20.3 Å². The normalized spacial score (nSPS) is 15.7. The zero-order valence-electron chi connectivity index (χ0n) is 16.6. The number of rotatable bonds is 5. The Kier molecular flexibility index (Phi) is 5.20. The molecule has 1 aliphatic heterocycles. The third kappa shape index (κ3) is 3.63. The summed E-state index contributed by atoms with van der Waals surface area (Å²) in [6.45, 7) is 3.84. The van der Waals surface area contributed by atoms with Crippen LogP contribution < -0.4 is 14.4 Å². The van der Waals surface area contributed by atoms with Crippen LogP contribution >= 0.6 is 11.3 Å². The lowest BCUT2D eigenvalue weighted by atomic mass is 10.1. The maximum Gasteiger partial charge on any atom is 0.293 e. The second-order valence-corrected chi connectivity index (χ2v) is 10.0. The van der Waals surface area contributed by atoms with Crippen molar-refractivity contribution in [3.05, 3.63) is 59.2 Å². The Bertz CT molecular complexity index is 1210. The van der Waals surface area contributed by atoms with E-state index in [1.54, 1.807) is 31.4 Å². The Morgan fingerprint density at radius 2 is 1.93 bits per heavy atom. The van der Waals surface area contributed by atoms with Crippen LogP contribution in [0, 0.1) is 6.92 Å². The van der Waals surface area contributed by atoms with Crippen LogP contribution in [0.4, 0.5) is 10.8 Å². The van der Waals surface area contributed by atoms with Gasteiger partial charge in [0.15, 0.2) is 0 Å². The van der Waals surface area contributed by atoms with E-state index in [4.69, 9.17) is 4.74 Å². The van der Waals surface area contributed by atoms with E-state index in [0.29, 0.717) is 23.4 Å². The molecule has 0 fully saturated rings. The lowest BCUT2D eigenvalue weighted by Gasteiger charge is -2.22. The van der Waals surface area contributed by atoms with Crippen molar-refractivity contribution in [2.75, 3.05) is 16.7 Å². The number of methoxy groups -OCH3 is 1. The van der Waals surface area contributed by atoms with Gasteiger partial charge in [-0.2, -0.15) is 8.42 Å². The van der Waals surface area contributed by atoms with Gasteiger partial charge in [0.05, 0.1) is 12.8 Å². The van der Waals surface area contributed by atoms with E-state index < -0.39 is 15.9 Å². The van der Waals surface area contributed by atoms with Gasteiger partial charge < -0.3 is 4.74 Å². The highest BCUT2D eigenvalue weighted by Crippen LogP contribution is 2.38. The highest BCUT2D eigenvalue weighted by Gasteiger charge is 2.38. The summed E-state index contributed by atoms with van der Waals surface area (Å²) in [6, 6.07) is 12.0. The molecule has 0 radical (unpaired) electrons. The SMILES string of the molecule is COc1ccc(C(=O)Nc2nnc(S(=O)(=O)N3c4ccc(C)cc4CC3C)s2)cc1. The molecule has 1 aliphatic rings. The smallest absolute Gasteiger partial charge is 0.293 e. The molecule has 3 aromatic rings. The number of aromatic nitrogens is 2. The number of amides is 1. The summed E-state index contributed by atoms with van der Waals surface area (Å²) in [4.78, 5) is 12.4. The van der Waals surface area contributed by atoms with Crippen molar-refractivity contribution in [2.24, 2.45) is 0 Å². The average Bonchev–Trinajstić information content (AvgIpc) is 3.32. The van der Waals surface area contributed by atoms with E-state index in [1.165, 1.54) is 4.31 Å². The van der Waals surface area contributed by atoms with Crippen LogP contribution in [-0.2, 0) is 16.4 Å². The van der Waals surface area contributed by atoms with Crippen LogP contribution in [-0.4, -0.2) is 37.7 Å². The van der Waals surface area contributed by atoms with E-state index >= 15 is 0 Å². The van der Waals surface area contributed by atoms with Crippen LogP contribution in [0.1, 0.15) is 28.4 Å². The monoisotopic (exact) mass is 444 g/mol. The van der Waals surface area contributed by atoms with Crippen LogP contribution in [0.25, 0.3) is 0 Å². The van der Waals surface area contributed by atoms with Crippen LogP contribution in [0.3, 0.4) is 0 Å². The number of nitrogens with zero attached hydrogens (tertiary/aromatic N) is 3. The highest BCUT2D eigenvalue weighted by atomic mass is 32.2. The number of sulfonamides is 1. The molecule has 30 heavy (non-hydrogen) atoms. The second kappa shape index (κ2) is 7.69. The molecule has 8 nitrogen and oxygen atoms in total. The fourth-order valence-electron chi connectivity index (χ4n) is 3.46. The first-order valence-electron chi connectivity index (χ1n) is 9.22. The fraction of sp³-hybridized carbons (Fsp3) is 0.250. The summed E-state index contributed by atoms with van der Waals surface area (Å²) in [5.74, 6) is 0.221. The summed E-state index contributed by atoms with van der Waals surface area (Å²) in [6.07, 6.45) is 0.635. The molecule has 0 aliphatic carbocycles. The number of aryl methyl sites for hydroxylation is 1. The molecule has 4 rings (SSSR count). The number of nitrogens with one attached hydrogen (secondary N) is 1. The van der Waals surface area contributed by atoms with Crippen molar-refractivity contribution in [3.63, 3.8) is 0 Å². The predicted octanol–water partition coefficient (Wildman–Crippen LogP) is 3.25. The first kappa shape index (κ1) is 20.3. The van der Waals surface area contributed by atoms with Gasteiger partial charge in [0.2, 0.25) is 5.13 Å². The number of carbonyl (C=O) groups is 1. The third-order valence-electron chi connectivity index (χ3n) is 4.85. The Morgan fingerprint density at radius 1 is 1.20 bits per heavy atom. The van der Waals surface area contributed by atoms with Crippen molar-refractivity contribution in [1.29, 1.82) is 0 Å². The molecule has 156 valence electrons. The minimum absolute atomic E-state index is 0.116.